The topological polar surface area (TPSA) is 15.3 Å². The van der Waals surface area contributed by atoms with E-state index in [2.05, 4.69) is 51.8 Å². The lowest BCUT2D eigenvalue weighted by Gasteiger charge is -2.39. The zero-order valence-corrected chi connectivity index (χ0v) is 13.4. The second kappa shape index (κ2) is 7.49. The van der Waals surface area contributed by atoms with Crippen molar-refractivity contribution in [2.75, 3.05) is 13.1 Å². The third kappa shape index (κ3) is 4.55. The van der Waals surface area contributed by atoms with Gasteiger partial charge in [-0.1, -0.05) is 34.6 Å². The molecule has 1 aliphatic heterocycles. The Morgan fingerprint density at radius 3 is 1.94 bits per heavy atom. The van der Waals surface area contributed by atoms with Crippen molar-refractivity contribution in [1.29, 1.82) is 0 Å². The Morgan fingerprint density at radius 2 is 1.56 bits per heavy atom. The molecule has 0 aliphatic carbocycles. The van der Waals surface area contributed by atoms with Crippen molar-refractivity contribution in [3.8, 4) is 0 Å². The number of likely N-dealkylation sites (tertiary alicyclic amines) is 1. The highest BCUT2D eigenvalue weighted by Crippen LogP contribution is 2.19. The van der Waals surface area contributed by atoms with Crippen LogP contribution < -0.4 is 5.32 Å². The maximum atomic E-state index is 3.87. The van der Waals surface area contributed by atoms with Gasteiger partial charge in [0.15, 0.2) is 0 Å². The van der Waals surface area contributed by atoms with Gasteiger partial charge in [0.05, 0.1) is 0 Å². The average molecular weight is 254 g/mol. The second-order valence-corrected chi connectivity index (χ2v) is 6.72. The van der Waals surface area contributed by atoms with Gasteiger partial charge >= 0.3 is 0 Å². The summed E-state index contributed by atoms with van der Waals surface area (Å²) in [6, 6.07) is 2.18. The fourth-order valence-corrected chi connectivity index (χ4v) is 2.98. The van der Waals surface area contributed by atoms with E-state index in [1.807, 2.05) is 0 Å². The molecule has 1 saturated heterocycles. The second-order valence-electron chi connectivity index (χ2n) is 6.72. The van der Waals surface area contributed by atoms with Gasteiger partial charge in [0.1, 0.15) is 0 Å². The predicted molar refractivity (Wildman–Crippen MR) is 80.9 cm³/mol. The van der Waals surface area contributed by atoms with E-state index in [-0.39, 0.29) is 0 Å². The van der Waals surface area contributed by atoms with Crippen molar-refractivity contribution in [2.45, 2.75) is 78.9 Å². The molecule has 1 fully saturated rings. The molecule has 0 radical (unpaired) electrons. The molecule has 2 nitrogen and oxygen atoms in total. The van der Waals surface area contributed by atoms with Crippen LogP contribution in [-0.2, 0) is 0 Å². The Kier molecular flexibility index (Phi) is 6.65. The fourth-order valence-electron chi connectivity index (χ4n) is 2.98. The summed E-state index contributed by atoms with van der Waals surface area (Å²) >= 11 is 0. The maximum absolute atomic E-state index is 3.87. The summed E-state index contributed by atoms with van der Waals surface area (Å²) in [4.78, 5) is 2.67. The van der Waals surface area contributed by atoms with Crippen LogP contribution in [0.1, 0.15) is 60.8 Å². The number of rotatable bonds is 6. The molecule has 0 spiro atoms. The number of nitrogens with one attached hydrogen (secondary N) is 1. The Morgan fingerprint density at radius 1 is 1.00 bits per heavy atom. The molecule has 108 valence electrons. The lowest BCUT2D eigenvalue weighted by molar-refractivity contribution is 0.118. The highest BCUT2D eigenvalue weighted by molar-refractivity contribution is 4.83. The molecule has 0 aromatic rings. The zero-order chi connectivity index (χ0) is 13.7. The number of hydrogen-bond acceptors (Lipinski definition) is 2. The average Bonchev–Trinajstić information content (AvgIpc) is 2.35. The smallest absolute Gasteiger partial charge is 0.00941 e. The van der Waals surface area contributed by atoms with Gasteiger partial charge in [0.2, 0.25) is 0 Å². The predicted octanol–water partition coefficient (Wildman–Crippen LogP) is 3.52. The van der Waals surface area contributed by atoms with Gasteiger partial charge in [-0.15, -0.1) is 0 Å². The molecule has 0 aromatic heterocycles. The van der Waals surface area contributed by atoms with Gasteiger partial charge in [-0.3, -0.25) is 0 Å². The van der Waals surface area contributed by atoms with Crippen LogP contribution >= 0.6 is 0 Å². The largest absolute Gasteiger partial charge is 0.311 e. The molecule has 2 heteroatoms. The van der Waals surface area contributed by atoms with Gasteiger partial charge < -0.3 is 10.2 Å². The summed E-state index contributed by atoms with van der Waals surface area (Å²) in [6.45, 7) is 16.5. The quantitative estimate of drug-likeness (QED) is 0.780. The zero-order valence-electron chi connectivity index (χ0n) is 13.4. The number of nitrogens with zero attached hydrogens (tertiary/aromatic N) is 1. The molecule has 0 bridgehead atoms. The van der Waals surface area contributed by atoms with Crippen LogP contribution in [0.15, 0.2) is 0 Å². The summed E-state index contributed by atoms with van der Waals surface area (Å²) in [5, 5.41) is 3.87. The van der Waals surface area contributed by atoms with Crippen molar-refractivity contribution in [1.82, 2.24) is 10.2 Å². The van der Waals surface area contributed by atoms with Crippen molar-refractivity contribution in [3.05, 3.63) is 0 Å². The van der Waals surface area contributed by atoms with Crippen molar-refractivity contribution >= 4 is 0 Å². The highest BCUT2D eigenvalue weighted by atomic mass is 15.2. The SMILES string of the molecule is CCC(NC1CCN(C(C)C(C)C)CC1)C(C)C. The Labute approximate surface area is 115 Å². The van der Waals surface area contributed by atoms with Gasteiger partial charge in [-0.05, 0) is 51.1 Å². The molecule has 1 heterocycles. The number of piperidine rings is 1. The van der Waals surface area contributed by atoms with Crippen molar-refractivity contribution in [2.24, 2.45) is 11.8 Å². The van der Waals surface area contributed by atoms with E-state index in [9.17, 15) is 0 Å². The summed E-state index contributed by atoms with van der Waals surface area (Å²) in [5.41, 5.74) is 0. The highest BCUT2D eigenvalue weighted by Gasteiger charge is 2.25. The lowest BCUT2D eigenvalue weighted by Crippen LogP contribution is -2.50. The third-order valence-corrected chi connectivity index (χ3v) is 4.76. The van der Waals surface area contributed by atoms with E-state index in [0.29, 0.717) is 6.04 Å². The summed E-state index contributed by atoms with van der Waals surface area (Å²) in [5.74, 6) is 1.52. The molecular weight excluding hydrogens is 220 g/mol. The standard InChI is InChI=1S/C16H34N2/c1-7-16(13(4)5)17-15-8-10-18(11-9-15)14(6)12(2)3/h12-17H,7-11H2,1-6H3. The normalized spacial score (nSPS) is 22.7. The lowest BCUT2D eigenvalue weighted by atomic mass is 9.95. The first-order valence-electron chi connectivity index (χ1n) is 7.95. The Bertz CT molecular complexity index is 217. The van der Waals surface area contributed by atoms with Crippen molar-refractivity contribution < 1.29 is 0 Å². The Hall–Kier alpha value is -0.0800. The minimum absolute atomic E-state index is 0.698. The summed E-state index contributed by atoms with van der Waals surface area (Å²) in [7, 11) is 0. The van der Waals surface area contributed by atoms with Crippen LogP contribution in [-0.4, -0.2) is 36.1 Å². The minimum atomic E-state index is 0.698. The van der Waals surface area contributed by atoms with E-state index in [0.717, 1.165) is 23.9 Å². The molecule has 0 saturated carbocycles. The van der Waals surface area contributed by atoms with Crippen LogP contribution in [0.4, 0.5) is 0 Å². The van der Waals surface area contributed by atoms with E-state index in [1.54, 1.807) is 0 Å². The van der Waals surface area contributed by atoms with Crippen LogP contribution in [0.25, 0.3) is 0 Å². The third-order valence-electron chi connectivity index (χ3n) is 4.76. The monoisotopic (exact) mass is 254 g/mol. The van der Waals surface area contributed by atoms with Gasteiger partial charge in [0.25, 0.3) is 0 Å². The summed E-state index contributed by atoms with van der Waals surface area (Å²) < 4.78 is 0. The van der Waals surface area contributed by atoms with Crippen LogP contribution in [0.5, 0.6) is 0 Å². The summed E-state index contributed by atoms with van der Waals surface area (Å²) in [6.07, 6.45) is 3.89. The maximum Gasteiger partial charge on any atom is 0.00941 e. The van der Waals surface area contributed by atoms with E-state index in [1.165, 1.54) is 32.4 Å². The van der Waals surface area contributed by atoms with Crippen LogP contribution in [0, 0.1) is 11.8 Å². The molecule has 0 amide bonds. The van der Waals surface area contributed by atoms with Gasteiger partial charge in [0, 0.05) is 18.1 Å². The molecule has 2 unspecified atom stereocenters. The van der Waals surface area contributed by atoms with Crippen LogP contribution in [0.2, 0.25) is 0 Å². The fraction of sp³-hybridized carbons (Fsp3) is 1.00. The molecule has 0 aromatic carbocycles. The van der Waals surface area contributed by atoms with E-state index >= 15 is 0 Å². The molecule has 18 heavy (non-hydrogen) atoms. The van der Waals surface area contributed by atoms with Crippen molar-refractivity contribution in [3.63, 3.8) is 0 Å². The van der Waals surface area contributed by atoms with Crippen LogP contribution in [0.3, 0.4) is 0 Å². The van der Waals surface area contributed by atoms with Gasteiger partial charge in [-0.25, -0.2) is 0 Å². The first-order valence-corrected chi connectivity index (χ1v) is 7.95. The number of hydrogen-bond donors (Lipinski definition) is 1. The molecule has 2 atom stereocenters. The first kappa shape index (κ1) is 16.0. The van der Waals surface area contributed by atoms with E-state index < -0.39 is 0 Å². The minimum Gasteiger partial charge on any atom is -0.311 e. The van der Waals surface area contributed by atoms with E-state index in [4.69, 9.17) is 0 Å². The van der Waals surface area contributed by atoms with Gasteiger partial charge in [-0.2, -0.15) is 0 Å². The molecule has 1 aliphatic rings. The molecule has 1 rings (SSSR count). The molecular formula is C16H34N2. The Balaban J connectivity index is 2.35. The first-order chi connectivity index (χ1) is 8.45. The molecule has 1 N–H and O–H groups in total.